The van der Waals surface area contributed by atoms with E-state index in [2.05, 4.69) is 49.0 Å². The van der Waals surface area contributed by atoms with Crippen LogP contribution in [0.5, 0.6) is 0 Å². The molecule has 0 bridgehead atoms. The number of carbonyl (C=O) groups is 1. The van der Waals surface area contributed by atoms with E-state index >= 15 is 0 Å². The SMILES string of the molecule is C=CCOC(=O)C1=C[C@@H](c2ccc3c(c2)Cc2ccccc2-3)[C@H](CCCO)[C@@H](OCC)O1. The number of fused-ring (bicyclic) bond motifs is 3. The molecule has 5 heteroatoms. The van der Waals surface area contributed by atoms with Crippen LogP contribution in [0.4, 0.5) is 0 Å². The summed E-state index contributed by atoms with van der Waals surface area (Å²) in [5, 5.41) is 9.45. The molecule has 2 aliphatic rings. The number of benzene rings is 2. The van der Waals surface area contributed by atoms with Crippen molar-refractivity contribution in [2.24, 2.45) is 5.92 Å². The number of aliphatic hydroxyl groups excluding tert-OH is 1. The Labute approximate surface area is 189 Å². The highest BCUT2D eigenvalue weighted by molar-refractivity contribution is 5.86. The number of ether oxygens (including phenoxy) is 3. The smallest absolute Gasteiger partial charge is 0.373 e. The first-order valence-electron chi connectivity index (χ1n) is 11.3. The average molecular weight is 435 g/mol. The summed E-state index contributed by atoms with van der Waals surface area (Å²) < 4.78 is 17.1. The van der Waals surface area contributed by atoms with E-state index in [1.54, 1.807) is 0 Å². The fraction of sp³-hybridized carbons (Fsp3) is 0.370. The minimum absolute atomic E-state index is 0.0279. The molecule has 0 saturated heterocycles. The molecule has 32 heavy (non-hydrogen) atoms. The Morgan fingerprint density at radius 3 is 2.81 bits per heavy atom. The normalized spacial score (nSPS) is 21.2. The third kappa shape index (κ3) is 4.50. The third-order valence-electron chi connectivity index (χ3n) is 6.15. The van der Waals surface area contributed by atoms with E-state index in [9.17, 15) is 9.90 Å². The second-order valence-electron chi connectivity index (χ2n) is 8.17. The number of carbonyl (C=O) groups excluding carboxylic acids is 1. The lowest BCUT2D eigenvalue weighted by Crippen LogP contribution is -2.37. The number of aliphatic hydroxyl groups is 1. The highest BCUT2D eigenvalue weighted by atomic mass is 16.7. The van der Waals surface area contributed by atoms with Gasteiger partial charge in [-0.25, -0.2) is 4.79 Å². The molecule has 0 amide bonds. The van der Waals surface area contributed by atoms with E-state index in [4.69, 9.17) is 14.2 Å². The van der Waals surface area contributed by atoms with Gasteiger partial charge in [0.2, 0.25) is 12.0 Å². The van der Waals surface area contributed by atoms with Gasteiger partial charge in [0.25, 0.3) is 0 Å². The average Bonchev–Trinajstić information content (AvgIpc) is 3.19. The molecule has 0 spiro atoms. The zero-order valence-electron chi connectivity index (χ0n) is 18.5. The van der Waals surface area contributed by atoms with Crippen LogP contribution in [-0.4, -0.2) is 37.2 Å². The van der Waals surface area contributed by atoms with Crippen molar-refractivity contribution in [2.75, 3.05) is 19.8 Å². The Morgan fingerprint density at radius 2 is 2.03 bits per heavy atom. The number of hydrogen-bond donors (Lipinski definition) is 1. The maximum absolute atomic E-state index is 12.6. The highest BCUT2D eigenvalue weighted by Crippen LogP contribution is 2.43. The molecule has 2 aromatic carbocycles. The van der Waals surface area contributed by atoms with Crippen LogP contribution in [-0.2, 0) is 25.4 Å². The summed E-state index contributed by atoms with van der Waals surface area (Å²) in [4.78, 5) is 12.6. The number of rotatable bonds is 9. The van der Waals surface area contributed by atoms with Crippen molar-refractivity contribution >= 4 is 5.97 Å². The van der Waals surface area contributed by atoms with Gasteiger partial charge in [0, 0.05) is 25.0 Å². The molecule has 2 aromatic rings. The molecule has 0 radical (unpaired) electrons. The van der Waals surface area contributed by atoms with E-state index in [1.165, 1.54) is 28.3 Å². The van der Waals surface area contributed by atoms with Gasteiger partial charge in [-0.15, -0.1) is 0 Å². The maximum Gasteiger partial charge on any atom is 0.373 e. The van der Waals surface area contributed by atoms with Crippen LogP contribution in [0.3, 0.4) is 0 Å². The van der Waals surface area contributed by atoms with Gasteiger partial charge in [0.15, 0.2) is 0 Å². The first-order chi connectivity index (χ1) is 15.7. The summed E-state index contributed by atoms with van der Waals surface area (Å²) in [6.07, 6.45) is 5.05. The van der Waals surface area contributed by atoms with Crippen molar-refractivity contribution < 1.29 is 24.1 Å². The lowest BCUT2D eigenvalue weighted by Gasteiger charge is -2.37. The van der Waals surface area contributed by atoms with E-state index < -0.39 is 12.3 Å². The lowest BCUT2D eigenvalue weighted by atomic mass is 9.80. The highest BCUT2D eigenvalue weighted by Gasteiger charge is 2.38. The second-order valence-corrected chi connectivity index (χ2v) is 8.17. The molecule has 5 nitrogen and oxygen atoms in total. The van der Waals surface area contributed by atoms with Gasteiger partial charge in [-0.05, 0) is 60.1 Å². The van der Waals surface area contributed by atoms with Crippen molar-refractivity contribution in [2.45, 2.75) is 38.4 Å². The molecular formula is C27H30O5. The molecule has 1 aliphatic heterocycles. The van der Waals surface area contributed by atoms with E-state index in [-0.39, 0.29) is 30.8 Å². The summed E-state index contributed by atoms with van der Waals surface area (Å²) in [7, 11) is 0. The Morgan fingerprint density at radius 1 is 1.22 bits per heavy atom. The van der Waals surface area contributed by atoms with E-state index in [0.29, 0.717) is 19.4 Å². The molecule has 0 fully saturated rings. The molecule has 1 heterocycles. The van der Waals surface area contributed by atoms with Crippen molar-refractivity contribution in [3.05, 3.63) is 83.6 Å². The van der Waals surface area contributed by atoms with Crippen LogP contribution in [0.1, 0.15) is 42.4 Å². The molecule has 1 N–H and O–H groups in total. The first-order valence-corrected chi connectivity index (χ1v) is 11.3. The van der Waals surface area contributed by atoms with Gasteiger partial charge >= 0.3 is 5.97 Å². The summed E-state index contributed by atoms with van der Waals surface area (Å²) in [6, 6.07) is 15.0. The molecule has 3 atom stereocenters. The summed E-state index contributed by atoms with van der Waals surface area (Å²) in [6.45, 7) is 6.18. The molecule has 4 rings (SSSR count). The zero-order valence-corrected chi connectivity index (χ0v) is 18.5. The first kappa shape index (κ1) is 22.3. The molecule has 0 aromatic heterocycles. The van der Waals surface area contributed by atoms with Crippen LogP contribution < -0.4 is 0 Å². The summed E-state index contributed by atoms with van der Waals surface area (Å²) >= 11 is 0. The number of esters is 1. The van der Waals surface area contributed by atoms with Gasteiger partial charge in [-0.2, -0.15) is 0 Å². The van der Waals surface area contributed by atoms with Crippen LogP contribution >= 0.6 is 0 Å². The predicted octanol–water partition coefficient (Wildman–Crippen LogP) is 4.74. The predicted molar refractivity (Wildman–Crippen MR) is 123 cm³/mol. The van der Waals surface area contributed by atoms with Gasteiger partial charge in [-0.3, -0.25) is 0 Å². The lowest BCUT2D eigenvalue weighted by molar-refractivity contribution is -0.175. The van der Waals surface area contributed by atoms with Crippen molar-refractivity contribution in [1.82, 2.24) is 0 Å². The van der Waals surface area contributed by atoms with Gasteiger partial charge < -0.3 is 19.3 Å². The Kier molecular flexibility index (Phi) is 7.08. The molecule has 1 aliphatic carbocycles. The van der Waals surface area contributed by atoms with Crippen LogP contribution in [0.2, 0.25) is 0 Å². The van der Waals surface area contributed by atoms with Crippen LogP contribution in [0.25, 0.3) is 11.1 Å². The van der Waals surface area contributed by atoms with Gasteiger partial charge in [0.1, 0.15) is 6.61 Å². The second kappa shape index (κ2) is 10.2. The summed E-state index contributed by atoms with van der Waals surface area (Å²) in [5.74, 6) is -0.472. The maximum atomic E-state index is 12.6. The Balaban J connectivity index is 1.71. The number of hydrogen-bond acceptors (Lipinski definition) is 5. The molecular weight excluding hydrogens is 404 g/mol. The Bertz CT molecular complexity index is 1010. The van der Waals surface area contributed by atoms with Crippen molar-refractivity contribution in [3.63, 3.8) is 0 Å². The topological polar surface area (TPSA) is 65.0 Å². The molecule has 0 unspecified atom stereocenters. The number of allylic oxidation sites excluding steroid dienone is 1. The van der Waals surface area contributed by atoms with Gasteiger partial charge in [-0.1, -0.05) is 55.1 Å². The molecule has 0 saturated carbocycles. The fourth-order valence-corrected chi connectivity index (χ4v) is 4.71. The molecule has 168 valence electrons. The fourth-order valence-electron chi connectivity index (χ4n) is 4.71. The Hall–Kier alpha value is -2.89. The minimum atomic E-state index is -0.585. The summed E-state index contributed by atoms with van der Waals surface area (Å²) in [5.41, 5.74) is 6.28. The minimum Gasteiger partial charge on any atom is -0.457 e. The standard InChI is InChI=1S/C27H30O5/c1-3-14-31-26(29)25-17-24(23(10-7-13-28)27(32-25)30-4-2)19-11-12-22-20(16-19)15-18-8-5-6-9-21(18)22/h3,5-6,8-9,11-12,16-17,23-24,27-28H,1,4,7,10,13-15H2,2H3/t23-,24-,27-/m0/s1. The zero-order chi connectivity index (χ0) is 22.5. The van der Waals surface area contributed by atoms with Gasteiger partial charge in [0.05, 0.1) is 0 Å². The van der Waals surface area contributed by atoms with Crippen LogP contribution in [0, 0.1) is 5.92 Å². The largest absolute Gasteiger partial charge is 0.457 e. The van der Waals surface area contributed by atoms with E-state index in [1.807, 2.05) is 13.0 Å². The van der Waals surface area contributed by atoms with Crippen molar-refractivity contribution in [1.29, 1.82) is 0 Å². The monoisotopic (exact) mass is 434 g/mol. The van der Waals surface area contributed by atoms with Crippen molar-refractivity contribution in [3.8, 4) is 11.1 Å². The third-order valence-corrected chi connectivity index (χ3v) is 6.15. The van der Waals surface area contributed by atoms with Crippen LogP contribution in [0.15, 0.2) is 67.0 Å². The quantitative estimate of drug-likeness (QED) is 0.389. The van der Waals surface area contributed by atoms with E-state index in [0.717, 1.165) is 12.0 Å².